The van der Waals surface area contributed by atoms with Crippen LogP contribution in [0.15, 0.2) is 52.9 Å². The van der Waals surface area contributed by atoms with Crippen molar-refractivity contribution >= 4 is 0 Å². The van der Waals surface area contributed by atoms with E-state index in [2.05, 4.69) is 0 Å². The summed E-state index contributed by atoms with van der Waals surface area (Å²) in [6, 6.07) is 11.8. The fourth-order valence-corrected chi connectivity index (χ4v) is 2.88. The molecule has 3 aromatic rings. The van der Waals surface area contributed by atoms with Crippen LogP contribution in [0, 0.1) is 0 Å². The largest absolute Gasteiger partial charge is 0.496 e. The zero-order valence-electron chi connectivity index (χ0n) is 15.6. The van der Waals surface area contributed by atoms with Crippen molar-refractivity contribution in [2.75, 3.05) is 21.3 Å². The fourth-order valence-electron chi connectivity index (χ4n) is 2.88. The summed E-state index contributed by atoms with van der Waals surface area (Å²) in [7, 11) is 4.65. The molecule has 0 aliphatic rings. The summed E-state index contributed by atoms with van der Waals surface area (Å²) < 4.78 is 60.1. The molecule has 0 saturated carbocycles. The first-order chi connectivity index (χ1) is 13.4. The Morgan fingerprint density at radius 1 is 0.821 bits per heavy atom. The van der Waals surface area contributed by atoms with Crippen LogP contribution in [0.25, 0.3) is 11.3 Å². The summed E-state index contributed by atoms with van der Waals surface area (Å²) in [5, 5.41) is 0. The highest BCUT2D eigenvalue weighted by Gasteiger charge is 2.30. The first-order valence-electron chi connectivity index (χ1n) is 8.41. The van der Waals surface area contributed by atoms with Gasteiger partial charge < -0.3 is 18.6 Å². The van der Waals surface area contributed by atoms with Gasteiger partial charge in [0, 0.05) is 29.7 Å². The summed E-state index contributed by atoms with van der Waals surface area (Å²) in [6.45, 7) is 0. The van der Waals surface area contributed by atoms with Gasteiger partial charge in [0.05, 0.1) is 26.9 Å². The summed E-state index contributed by atoms with van der Waals surface area (Å²) in [4.78, 5) is 0. The number of furan rings is 1. The van der Waals surface area contributed by atoms with Crippen molar-refractivity contribution in [3.05, 3.63) is 65.4 Å². The zero-order chi connectivity index (χ0) is 20.3. The van der Waals surface area contributed by atoms with Crippen LogP contribution in [0.5, 0.6) is 17.2 Å². The van der Waals surface area contributed by atoms with Gasteiger partial charge in [-0.25, -0.2) is 0 Å². The minimum atomic E-state index is -4.37. The lowest BCUT2D eigenvalue weighted by molar-refractivity contribution is -0.137. The minimum absolute atomic E-state index is 0.386. The van der Waals surface area contributed by atoms with E-state index >= 15 is 0 Å². The van der Waals surface area contributed by atoms with Crippen LogP contribution in [-0.4, -0.2) is 21.3 Å². The van der Waals surface area contributed by atoms with Crippen LogP contribution in [0.4, 0.5) is 13.2 Å². The molecule has 1 aromatic heterocycles. The van der Waals surface area contributed by atoms with Crippen LogP contribution in [-0.2, 0) is 12.6 Å². The Bertz CT molecular complexity index is 918. The van der Waals surface area contributed by atoms with Gasteiger partial charge in [-0.2, -0.15) is 13.2 Å². The van der Waals surface area contributed by atoms with Gasteiger partial charge in [0.2, 0.25) is 0 Å². The summed E-state index contributed by atoms with van der Waals surface area (Å²) in [5.74, 6) is 2.88. The molecule has 0 radical (unpaired) electrons. The molecule has 2 aromatic carbocycles. The molecule has 0 fully saturated rings. The number of rotatable bonds is 6. The van der Waals surface area contributed by atoms with E-state index in [9.17, 15) is 13.2 Å². The number of ether oxygens (including phenoxy) is 3. The van der Waals surface area contributed by atoms with Gasteiger partial charge in [-0.3, -0.25) is 0 Å². The lowest BCUT2D eigenvalue weighted by Crippen LogP contribution is -2.03. The maximum Gasteiger partial charge on any atom is 0.416 e. The number of hydrogen-bond donors (Lipinski definition) is 0. The first-order valence-corrected chi connectivity index (χ1v) is 8.41. The van der Waals surface area contributed by atoms with Gasteiger partial charge in [0.1, 0.15) is 28.8 Å². The lowest BCUT2D eigenvalue weighted by Gasteiger charge is -2.14. The highest BCUT2D eigenvalue weighted by molar-refractivity contribution is 5.59. The van der Waals surface area contributed by atoms with Crippen molar-refractivity contribution in [1.29, 1.82) is 0 Å². The molecule has 3 rings (SSSR count). The third-order valence-corrected chi connectivity index (χ3v) is 4.33. The predicted octanol–water partition coefficient (Wildman–Crippen LogP) is 5.58. The van der Waals surface area contributed by atoms with E-state index in [1.54, 1.807) is 45.6 Å². The van der Waals surface area contributed by atoms with Crippen LogP contribution in [0.1, 0.15) is 16.9 Å². The highest BCUT2D eigenvalue weighted by atomic mass is 19.4. The summed E-state index contributed by atoms with van der Waals surface area (Å²) in [5.41, 5.74) is 0.641. The zero-order valence-corrected chi connectivity index (χ0v) is 15.6. The van der Waals surface area contributed by atoms with E-state index in [1.165, 1.54) is 12.1 Å². The van der Waals surface area contributed by atoms with Crippen molar-refractivity contribution in [1.82, 2.24) is 0 Å². The van der Waals surface area contributed by atoms with E-state index in [-0.39, 0.29) is 0 Å². The number of benzene rings is 2. The molecule has 0 saturated heterocycles. The average Bonchev–Trinajstić information content (AvgIpc) is 3.16. The summed E-state index contributed by atoms with van der Waals surface area (Å²) >= 11 is 0. The van der Waals surface area contributed by atoms with E-state index < -0.39 is 11.7 Å². The van der Waals surface area contributed by atoms with Gasteiger partial charge in [-0.1, -0.05) is 12.1 Å². The lowest BCUT2D eigenvalue weighted by atomic mass is 10.1. The third-order valence-electron chi connectivity index (χ3n) is 4.33. The number of halogens is 3. The van der Waals surface area contributed by atoms with Crippen molar-refractivity contribution in [2.24, 2.45) is 0 Å². The van der Waals surface area contributed by atoms with Crippen molar-refractivity contribution in [3.8, 4) is 28.6 Å². The predicted molar refractivity (Wildman–Crippen MR) is 98.1 cm³/mol. The van der Waals surface area contributed by atoms with Gasteiger partial charge >= 0.3 is 6.18 Å². The van der Waals surface area contributed by atoms with Crippen LogP contribution < -0.4 is 14.2 Å². The van der Waals surface area contributed by atoms with Crippen LogP contribution in [0.2, 0.25) is 0 Å². The van der Waals surface area contributed by atoms with E-state index in [0.717, 1.165) is 17.7 Å². The van der Waals surface area contributed by atoms with Crippen molar-refractivity contribution < 1.29 is 31.8 Å². The molecule has 0 spiro atoms. The molecule has 0 aliphatic heterocycles. The standard InChI is InChI=1S/C21H19F3O4/c1-25-16-11-19(26-2)17(20(12-16)27-3)10-15-8-9-18(28-15)13-4-6-14(7-5-13)21(22,23)24/h4-9,11-12H,10H2,1-3H3. The maximum absolute atomic E-state index is 12.7. The Kier molecular flexibility index (Phi) is 5.53. The monoisotopic (exact) mass is 392 g/mol. The SMILES string of the molecule is COc1cc(OC)c(Cc2ccc(-c3ccc(C(F)(F)F)cc3)o2)c(OC)c1. The Morgan fingerprint density at radius 3 is 1.93 bits per heavy atom. The number of methoxy groups -OCH3 is 3. The molecule has 0 N–H and O–H groups in total. The molecule has 0 unspecified atom stereocenters. The maximum atomic E-state index is 12.7. The third kappa shape index (κ3) is 4.08. The summed E-state index contributed by atoms with van der Waals surface area (Å²) in [6.07, 6.45) is -3.98. The minimum Gasteiger partial charge on any atom is -0.496 e. The van der Waals surface area contributed by atoms with Crippen molar-refractivity contribution in [2.45, 2.75) is 12.6 Å². The first kappa shape index (κ1) is 19.7. The average molecular weight is 392 g/mol. The second-order valence-corrected chi connectivity index (χ2v) is 6.03. The van der Waals surface area contributed by atoms with E-state index in [4.69, 9.17) is 18.6 Å². The molecule has 0 amide bonds. The quantitative estimate of drug-likeness (QED) is 0.549. The molecule has 148 valence electrons. The number of alkyl halides is 3. The van der Waals surface area contributed by atoms with Crippen molar-refractivity contribution in [3.63, 3.8) is 0 Å². The molecule has 7 heteroatoms. The molecule has 4 nitrogen and oxygen atoms in total. The molecular weight excluding hydrogens is 373 g/mol. The Balaban J connectivity index is 1.87. The second kappa shape index (κ2) is 7.88. The van der Waals surface area contributed by atoms with Gasteiger partial charge in [0.15, 0.2) is 0 Å². The second-order valence-electron chi connectivity index (χ2n) is 6.03. The smallest absolute Gasteiger partial charge is 0.416 e. The molecular formula is C21H19F3O4. The Hall–Kier alpha value is -3.09. The fraction of sp³-hybridized carbons (Fsp3) is 0.238. The van der Waals surface area contributed by atoms with Crippen LogP contribution in [0.3, 0.4) is 0 Å². The van der Waals surface area contributed by atoms with Gasteiger partial charge in [-0.15, -0.1) is 0 Å². The highest BCUT2D eigenvalue weighted by Crippen LogP contribution is 2.37. The molecule has 0 aliphatic carbocycles. The van der Waals surface area contributed by atoms with Gasteiger partial charge in [-0.05, 0) is 24.3 Å². The van der Waals surface area contributed by atoms with E-state index in [0.29, 0.717) is 40.8 Å². The molecule has 28 heavy (non-hydrogen) atoms. The van der Waals surface area contributed by atoms with Crippen LogP contribution >= 0.6 is 0 Å². The Labute approximate surface area is 160 Å². The number of hydrogen-bond acceptors (Lipinski definition) is 4. The molecule has 1 heterocycles. The normalized spacial score (nSPS) is 11.4. The van der Waals surface area contributed by atoms with E-state index in [1.807, 2.05) is 0 Å². The Morgan fingerprint density at radius 2 is 1.43 bits per heavy atom. The molecule has 0 atom stereocenters. The molecule has 0 bridgehead atoms. The van der Waals surface area contributed by atoms with Gasteiger partial charge in [0.25, 0.3) is 0 Å². The topological polar surface area (TPSA) is 40.8 Å².